The number of aldehydes is 1. The predicted molar refractivity (Wildman–Crippen MR) is 67.0 cm³/mol. The van der Waals surface area contributed by atoms with Crippen LogP contribution in [0.25, 0.3) is 0 Å². The summed E-state index contributed by atoms with van der Waals surface area (Å²) in [5.41, 5.74) is 5.71. The van der Waals surface area contributed by atoms with Gasteiger partial charge in [0.05, 0.1) is 5.69 Å². The molecule has 1 heterocycles. The topological polar surface area (TPSA) is 115 Å². The molecule has 0 aliphatic heterocycles. The van der Waals surface area contributed by atoms with Gasteiger partial charge in [-0.1, -0.05) is 23.5 Å². The average molecular weight is 284 g/mol. The van der Waals surface area contributed by atoms with Gasteiger partial charge in [-0.3, -0.25) is 9.52 Å². The van der Waals surface area contributed by atoms with Crippen molar-refractivity contribution in [2.75, 3.05) is 10.5 Å². The van der Waals surface area contributed by atoms with Gasteiger partial charge in [-0.25, -0.2) is 8.42 Å². The Morgan fingerprint density at radius 1 is 1.28 bits per heavy atom. The Balaban J connectivity index is 2.33. The lowest BCUT2D eigenvalue weighted by Crippen LogP contribution is -2.14. The number of rotatable bonds is 4. The number of para-hydroxylation sites is 1. The van der Waals surface area contributed by atoms with E-state index in [4.69, 9.17) is 5.73 Å². The van der Waals surface area contributed by atoms with Crippen LogP contribution in [0.15, 0.2) is 29.2 Å². The van der Waals surface area contributed by atoms with Crippen LogP contribution >= 0.6 is 11.3 Å². The first-order chi connectivity index (χ1) is 8.53. The van der Waals surface area contributed by atoms with Crippen molar-refractivity contribution >= 4 is 38.5 Å². The Kier molecular flexibility index (Phi) is 3.26. The number of sulfonamides is 1. The second-order valence-electron chi connectivity index (χ2n) is 3.21. The maximum Gasteiger partial charge on any atom is 0.265 e. The highest BCUT2D eigenvalue weighted by molar-refractivity contribution is 7.93. The van der Waals surface area contributed by atoms with Crippen molar-refractivity contribution in [3.8, 4) is 0 Å². The summed E-state index contributed by atoms with van der Waals surface area (Å²) >= 11 is 0.839. The molecule has 0 radical (unpaired) electrons. The van der Waals surface area contributed by atoms with Crippen LogP contribution in [0.4, 0.5) is 10.8 Å². The van der Waals surface area contributed by atoms with Crippen molar-refractivity contribution in [3.63, 3.8) is 0 Å². The minimum Gasteiger partial charge on any atom is -0.398 e. The summed E-state index contributed by atoms with van der Waals surface area (Å²) in [7, 11) is -3.82. The average Bonchev–Trinajstić information content (AvgIpc) is 2.76. The molecule has 9 heteroatoms. The molecule has 0 atom stereocenters. The number of nitrogen functional groups attached to an aromatic ring is 1. The highest BCUT2D eigenvalue weighted by Gasteiger charge is 2.19. The van der Waals surface area contributed by atoms with E-state index in [1.54, 1.807) is 12.1 Å². The van der Waals surface area contributed by atoms with E-state index in [1.165, 1.54) is 12.1 Å². The zero-order valence-corrected chi connectivity index (χ0v) is 10.5. The molecule has 1 aromatic carbocycles. The fraction of sp³-hybridized carbons (Fsp3) is 0. The lowest BCUT2D eigenvalue weighted by molar-refractivity contribution is 0.112. The number of nitrogens with one attached hydrogen (secondary N) is 1. The highest BCUT2D eigenvalue weighted by atomic mass is 32.2. The van der Waals surface area contributed by atoms with Gasteiger partial charge in [-0.2, -0.15) is 0 Å². The Morgan fingerprint density at radius 2 is 2.00 bits per heavy atom. The number of hydrogen-bond acceptors (Lipinski definition) is 7. The number of aromatic nitrogens is 2. The molecule has 0 aliphatic carbocycles. The first-order valence-electron chi connectivity index (χ1n) is 4.69. The van der Waals surface area contributed by atoms with Crippen LogP contribution in [0.5, 0.6) is 0 Å². The molecule has 2 aromatic rings. The quantitative estimate of drug-likeness (QED) is 0.632. The molecule has 0 saturated carbocycles. The first kappa shape index (κ1) is 12.5. The summed E-state index contributed by atoms with van der Waals surface area (Å²) in [6, 6.07) is 6.04. The fourth-order valence-electron chi connectivity index (χ4n) is 1.22. The van der Waals surface area contributed by atoms with E-state index in [1.807, 2.05) is 0 Å². The van der Waals surface area contributed by atoms with Crippen LogP contribution < -0.4 is 10.5 Å². The van der Waals surface area contributed by atoms with Gasteiger partial charge in [0.1, 0.15) is 4.90 Å². The van der Waals surface area contributed by atoms with Crippen LogP contribution in [0.2, 0.25) is 0 Å². The zero-order valence-electron chi connectivity index (χ0n) is 8.90. The van der Waals surface area contributed by atoms with Gasteiger partial charge in [0.2, 0.25) is 5.13 Å². The summed E-state index contributed by atoms with van der Waals surface area (Å²) < 4.78 is 26.2. The molecule has 94 valence electrons. The third-order valence-electron chi connectivity index (χ3n) is 1.97. The molecule has 0 bridgehead atoms. The van der Waals surface area contributed by atoms with Crippen molar-refractivity contribution < 1.29 is 13.2 Å². The van der Waals surface area contributed by atoms with Crippen molar-refractivity contribution in [2.24, 2.45) is 0 Å². The molecule has 7 nitrogen and oxygen atoms in total. The number of benzene rings is 1. The molecule has 0 spiro atoms. The summed E-state index contributed by atoms with van der Waals surface area (Å²) in [6.07, 6.45) is 0.492. The number of carbonyl (C=O) groups excluding carboxylic acids is 1. The van der Waals surface area contributed by atoms with E-state index in [0.29, 0.717) is 6.29 Å². The van der Waals surface area contributed by atoms with E-state index < -0.39 is 10.0 Å². The van der Waals surface area contributed by atoms with Crippen LogP contribution in [0, 0.1) is 0 Å². The van der Waals surface area contributed by atoms with Gasteiger partial charge >= 0.3 is 0 Å². The zero-order chi connectivity index (χ0) is 13.2. The van der Waals surface area contributed by atoms with E-state index in [-0.39, 0.29) is 20.7 Å². The Bertz CT molecular complexity index is 681. The Hall–Kier alpha value is -2.00. The first-order valence-corrected chi connectivity index (χ1v) is 6.99. The largest absolute Gasteiger partial charge is 0.398 e. The molecule has 18 heavy (non-hydrogen) atoms. The molecule has 0 amide bonds. The van der Waals surface area contributed by atoms with Gasteiger partial charge in [-0.05, 0) is 12.1 Å². The Labute approximate surface area is 107 Å². The van der Waals surface area contributed by atoms with Crippen LogP contribution in [-0.4, -0.2) is 24.9 Å². The van der Waals surface area contributed by atoms with Crippen molar-refractivity contribution in [1.29, 1.82) is 0 Å². The highest BCUT2D eigenvalue weighted by Crippen LogP contribution is 2.22. The normalized spacial score (nSPS) is 11.1. The number of carbonyl (C=O) groups is 1. The fourth-order valence-corrected chi connectivity index (χ4v) is 3.14. The maximum atomic E-state index is 12.0. The SMILES string of the molecule is Nc1ccccc1S(=O)(=O)Nc1nnc(C=O)s1. The Morgan fingerprint density at radius 3 is 2.61 bits per heavy atom. The molecule has 0 unspecified atom stereocenters. The smallest absolute Gasteiger partial charge is 0.265 e. The minimum absolute atomic E-state index is 0.0142. The lowest BCUT2D eigenvalue weighted by atomic mass is 10.3. The molecule has 0 aliphatic rings. The van der Waals surface area contributed by atoms with E-state index in [2.05, 4.69) is 14.9 Å². The molecule has 0 saturated heterocycles. The second-order valence-corrected chi connectivity index (χ2v) is 5.87. The standard InChI is InChI=1S/C9H8N4O3S2/c10-6-3-1-2-4-7(6)18(15,16)13-9-12-11-8(5-14)17-9/h1-5H,10H2,(H,12,13). The van der Waals surface area contributed by atoms with Gasteiger partial charge in [-0.15, -0.1) is 10.2 Å². The molecule has 3 N–H and O–H groups in total. The van der Waals surface area contributed by atoms with Crippen LogP contribution in [-0.2, 0) is 10.0 Å². The molecule has 0 fully saturated rings. The number of anilines is 2. The third kappa shape index (κ3) is 2.46. The van der Waals surface area contributed by atoms with Crippen LogP contribution in [0.3, 0.4) is 0 Å². The van der Waals surface area contributed by atoms with E-state index in [0.717, 1.165) is 11.3 Å². The second kappa shape index (κ2) is 4.70. The summed E-state index contributed by atoms with van der Waals surface area (Å²) in [5.74, 6) is 0. The molecular formula is C9H8N4O3S2. The maximum absolute atomic E-state index is 12.0. The van der Waals surface area contributed by atoms with Crippen LogP contribution in [0.1, 0.15) is 9.80 Å². The monoisotopic (exact) mass is 284 g/mol. The van der Waals surface area contributed by atoms with Gasteiger partial charge in [0.15, 0.2) is 11.3 Å². The van der Waals surface area contributed by atoms with E-state index >= 15 is 0 Å². The molecular weight excluding hydrogens is 276 g/mol. The summed E-state index contributed by atoms with van der Waals surface area (Å²) in [6.45, 7) is 0. The third-order valence-corrected chi connectivity index (χ3v) is 4.28. The van der Waals surface area contributed by atoms with Gasteiger partial charge < -0.3 is 5.73 Å². The minimum atomic E-state index is -3.82. The summed E-state index contributed by atoms with van der Waals surface area (Å²) in [4.78, 5) is 10.4. The van der Waals surface area contributed by atoms with Gasteiger partial charge in [0, 0.05) is 0 Å². The van der Waals surface area contributed by atoms with Crippen molar-refractivity contribution in [2.45, 2.75) is 4.90 Å². The van der Waals surface area contributed by atoms with Crippen molar-refractivity contribution in [3.05, 3.63) is 29.3 Å². The number of nitrogens with two attached hydrogens (primary N) is 1. The van der Waals surface area contributed by atoms with Crippen molar-refractivity contribution in [1.82, 2.24) is 10.2 Å². The number of hydrogen-bond donors (Lipinski definition) is 2. The summed E-state index contributed by atoms with van der Waals surface area (Å²) in [5, 5.41) is 7.12. The predicted octanol–water partition coefficient (Wildman–Crippen LogP) is 0.734. The number of nitrogens with zero attached hydrogens (tertiary/aromatic N) is 2. The lowest BCUT2D eigenvalue weighted by Gasteiger charge is -2.06. The molecule has 2 rings (SSSR count). The molecule has 1 aromatic heterocycles. The van der Waals surface area contributed by atoms with E-state index in [9.17, 15) is 13.2 Å². The van der Waals surface area contributed by atoms with Gasteiger partial charge in [0.25, 0.3) is 10.0 Å².